The number of sulfonamides is 1. The molecule has 1 saturated heterocycles. The quantitative estimate of drug-likeness (QED) is 0.556. The number of hydrogen-bond donors (Lipinski definition) is 3. The summed E-state index contributed by atoms with van der Waals surface area (Å²) in [5, 5.41) is 8.03. The van der Waals surface area contributed by atoms with Gasteiger partial charge in [-0.05, 0) is 24.6 Å². The first kappa shape index (κ1) is 22.8. The lowest BCUT2D eigenvalue weighted by molar-refractivity contribution is -0.128. The van der Waals surface area contributed by atoms with Crippen LogP contribution in [-0.4, -0.2) is 56.6 Å². The van der Waals surface area contributed by atoms with Crippen LogP contribution in [-0.2, 0) is 24.4 Å². The number of rotatable bonds is 7. The Kier molecular flexibility index (Phi) is 7.37. The number of anilines is 1. The SMILES string of the molecule is CC(C)(C)C(=O)NCCCC(=O)Nc1cccc(S(=O)(=O)N2CCNC(=O)C2)c1. The number of nitrogens with one attached hydrogen (secondary N) is 3. The molecule has 3 amide bonds. The van der Waals surface area contributed by atoms with Gasteiger partial charge >= 0.3 is 0 Å². The van der Waals surface area contributed by atoms with Gasteiger partial charge in [-0.1, -0.05) is 26.8 Å². The van der Waals surface area contributed by atoms with Crippen molar-refractivity contribution in [2.24, 2.45) is 5.41 Å². The molecule has 0 aromatic heterocycles. The molecule has 3 N–H and O–H groups in total. The van der Waals surface area contributed by atoms with E-state index in [1.165, 1.54) is 18.2 Å². The van der Waals surface area contributed by atoms with Crippen molar-refractivity contribution >= 4 is 33.4 Å². The molecular weight excluding hydrogens is 396 g/mol. The van der Waals surface area contributed by atoms with Crippen LogP contribution in [0.4, 0.5) is 5.69 Å². The van der Waals surface area contributed by atoms with Crippen molar-refractivity contribution in [1.29, 1.82) is 0 Å². The molecule has 29 heavy (non-hydrogen) atoms. The molecule has 0 unspecified atom stereocenters. The van der Waals surface area contributed by atoms with Gasteiger partial charge < -0.3 is 16.0 Å². The Labute approximate surface area is 171 Å². The van der Waals surface area contributed by atoms with E-state index in [1.807, 2.05) is 20.8 Å². The Balaban J connectivity index is 1.91. The van der Waals surface area contributed by atoms with E-state index in [4.69, 9.17) is 0 Å². The van der Waals surface area contributed by atoms with E-state index in [2.05, 4.69) is 16.0 Å². The maximum Gasteiger partial charge on any atom is 0.243 e. The van der Waals surface area contributed by atoms with Crippen molar-refractivity contribution in [3.8, 4) is 0 Å². The van der Waals surface area contributed by atoms with Gasteiger partial charge in [0.15, 0.2) is 0 Å². The largest absolute Gasteiger partial charge is 0.356 e. The van der Waals surface area contributed by atoms with Crippen molar-refractivity contribution in [3.05, 3.63) is 24.3 Å². The molecule has 9 nitrogen and oxygen atoms in total. The molecule has 0 spiro atoms. The van der Waals surface area contributed by atoms with Crippen LogP contribution >= 0.6 is 0 Å². The number of carbonyl (C=O) groups excluding carboxylic acids is 3. The van der Waals surface area contributed by atoms with E-state index in [0.717, 1.165) is 4.31 Å². The highest BCUT2D eigenvalue weighted by atomic mass is 32.2. The fraction of sp³-hybridized carbons (Fsp3) is 0.526. The third kappa shape index (κ3) is 6.53. The standard InChI is InChI=1S/C19H28N4O5S/c1-19(2,3)18(26)21-9-5-8-16(24)22-14-6-4-7-15(12-14)29(27,28)23-11-10-20-17(25)13-23/h4,6-7,12H,5,8-11,13H2,1-3H3,(H,20,25)(H,21,26)(H,22,24). The number of nitrogens with zero attached hydrogens (tertiary/aromatic N) is 1. The first-order chi connectivity index (χ1) is 13.5. The second kappa shape index (κ2) is 9.36. The molecule has 2 rings (SSSR count). The molecule has 1 aliphatic heterocycles. The van der Waals surface area contributed by atoms with Crippen LogP contribution in [0.3, 0.4) is 0 Å². The predicted molar refractivity (Wildman–Crippen MR) is 109 cm³/mol. The van der Waals surface area contributed by atoms with Gasteiger partial charge in [0.1, 0.15) is 0 Å². The molecular formula is C19H28N4O5S. The van der Waals surface area contributed by atoms with Gasteiger partial charge in [-0.2, -0.15) is 4.31 Å². The van der Waals surface area contributed by atoms with Crippen molar-refractivity contribution in [2.75, 3.05) is 31.5 Å². The number of piperazine rings is 1. The highest BCUT2D eigenvalue weighted by Gasteiger charge is 2.29. The van der Waals surface area contributed by atoms with Crippen LogP contribution < -0.4 is 16.0 Å². The van der Waals surface area contributed by atoms with Crippen LogP contribution in [0.5, 0.6) is 0 Å². The Morgan fingerprint density at radius 2 is 1.97 bits per heavy atom. The first-order valence-corrected chi connectivity index (χ1v) is 10.9. The van der Waals surface area contributed by atoms with Gasteiger partial charge in [0.2, 0.25) is 27.7 Å². The summed E-state index contributed by atoms with van der Waals surface area (Å²) in [6, 6.07) is 5.94. The zero-order valence-electron chi connectivity index (χ0n) is 16.9. The van der Waals surface area contributed by atoms with Crippen molar-refractivity contribution in [3.63, 3.8) is 0 Å². The summed E-state index contributed by atoms with van der Waals surface area (Å²) in [6.45, 7) is 6.06. The number of carbonyl (C=O) groups is 3. The predicted octanol–water partition coefficient (Wildman–Crippen LogP) is 0.688. The third-order valence-electron chi connectivity index (χ3n) is 4.31. The number of benzene rings is 1. The normalized spacial score (nSPS) is 15.5. The molecule has 1 fully saturated rings. The monoisotopic (exact) mass is 424 g/mol. The van der Waals surface area contributed by atoms with Crippen LogP contribution in [0.25, 0.3) is 0 Å². The third-order valence-corrected chi connectivity index (χ3v) is 6.15. The minimum Gasteiger partial charge on any atom is -0.356 e. The molecule has 0 atom stereocenters. The van der Waals surface area contributed by atoms with E-state index in [-0.39, 0.29) is 48.7 Å². The minimum atomic E-state index is -3.82. The Hall–Kier alpha value is -2.46. The van der Waals surface area contributed by atoms with Gasteiger partial charge in [-0.3, -0.25) is 14.4 Å². The lowest BCUT2D eigenvalue weighted by atomic mass is 9.96. The van der Waals surface area contributed by atoms with Crippen LogP contribution in [0.15, 0.2) is 29.2 Å². The van der Waals surface area contributed by atoms with Gasteiger partial charge in [0.05, 0.1) is 11.4 Å². The highest BCUT2D eigenvalue weighted by molar-refractivity contribution is 7.89. The summed E-state index contributed by atoms with van der Waals surface area (Å²) < 4.78 is 26.6. The summed E-state index contributed by atoms with van der Waals surface area (Å²) in [5.41, 5.74) is -0.125. The fourth-order valence-corrected chi connectivity index (χ4v) is 4.09. The maximum absolute atomic E-state index is 12.7. The van der Waals surface area contributed by atoms with Crippen molar-refractivity contribution in [1.82, 2.24) is 14.9 Å². The van der Waals surface area contributed by atoms with Gasteiger partial charge in [-0.15, -0.1) is 0 Å². The molecule has 0 bridgehead atoms. The summed E-state index contributed by atoms with van der Waals surface area (Å²) >= 11 is 0. The number of amides is 3. The average molecular weight is 425 g/mol. The van der Waals surface area contributed by atoms with Crippen LogP contribution in [0.2, 0.25) is 0 Å². The molecule has 160 valence electrons. The molecule has 0 saturated carbocycles. The average Bonchev–Trinajstić information content (AvgIpc) is 2.64. The minimum absolute atomic E-state index is 0.0161. The zero-order chi connectivity index (χ0) is 21.7. The van der Waals surface area contributed by atoms with E-state index in [9.17, 15) is 22.8 Å². The summed E-state index contributed by atoms with van der Waals surface area (Å²) in [5.74, 6) is -0.702. The molecule has 0 aliphatic carbocycles. The topological polar surface area (TPSA) is 125 Å². The first-order valence-electron chi connectivity index (χ1n) is 9.45. The van der Waals surface area contributed by atoms with Gasteiger partial charge in [0, 0.05) is 37.2 Å². The molecule has 1 heterocycles. The highest BCUT2D eigenvalue weighted by Crippen LogP contribution is 2.20. The van der Waals surface area contributed by atoms with E-state index in [1.54, 1.807) is 6.07 Å². The lowest BCUT2D eigenvalue weighted by Crippen LogP contribution is -2.49. The van der Waals surface area contributed by atoms with Crippen molar-refractivity contribution < 1.29 is 22.8 Å². The van der Waals surface area contributed by atoms with E-state index in [0.29, 0.717) is 18.7 Å². The maximum atomic E-state index is 12.7. The molecule has 1 aromatic rings. The van der Waals surface area contributed by atoms with Crippen molar-refractivity contribution in [2.45, 2.75) is 38.5 Å². The molecule has 10 heteroatoms. The van der Waals surface area contributed by atoms with Gasteiger partial charge in [0.25, 0.3) is 0 Å². The smallest absolute Gasteiger partial charge is 0.243 e. The zero-order valence-corrected chi connectivity index (χ0v) is 17.8. The van der Waals surface area contributed by atoms with E-state index >= 15 is 0 Å². The summed E-state index contributed by atoms with van der Waals surface area (Å²) in [4.78, 5) is 35.4. The van der Waals surface area contributed by atoms with Crippen LogP contribution in [0, 0.1) is 5.41 Å². The Bertz CT molecular complexity index is 877. The second-order valence-corrected chi connectivity index (χ2v) is 9.81. The Morgan fingerprint density at radius 1 is 1.24 bits per heavy atom. The second-order valence-electron chi connectivity index (χ2n) is 7.87. The van der Waals surface area contributed by atoms with Crippen LogP contribution in [0.1, 0.15) is 33.6 Å². The number of hydrogen-bond acceptors (Lipinski definition) is 5. The summed E-state index contributed by atoms with van der Waals surface area (Å²) in [6.07, 6.45) is 0.655. The molecule has 1 aromatic carbocycles. The fourth-order valence-electron chi connectivity index (χ4n) is 2.64. The Morgan fingerprint density at radius 3 is 2.62 bits per heavy atom. The molecule has 0 radical (unpaired) electrons. The molecule has 1 aliphatic rings. The lowest BCUT2D eigenvalue weighted by Gasteiger charge is -2.26. The van der Waals surface area contributed by atoms with E-state index < -0.39 is 15.4 Å². The summed E-state index contributed by atoms with van der Waals surface area (Å²) in [7, 11) is -3.82. The van der Waals surface area contributed by atoms with Gasteiger partial charge in [-0.25, -0.2) is 8.42 Å².